The van der Waals surface area contributed by atoms with Crippen molar-refractivity contribution in [2.75, 3.05) is 5.75 Å². The van der Waals surface area contributed by atoms with E-state index in [4.69, 9.17) is 11.6 Å². The van der Waals surface area contributed by atoms with Crippen LogP contribution in [0.1, 0.15) is 57.6 Å². The Hall–Kier alpha value is -0.180. The molecule has 0 radical (unpaired) electrons. The van der Waals surface area contributed by atoms with Gasteiger partial charge in [-0.15, -0.1) is 11.8 Å². The quantitative estimate of drug-likeness (QED) is 0.781. The van der Waals surface area contributed by atoms with Crippen molar-refractivity contribution < 1.29 is 0 Å². The molecule has 3 rings (SSSR count). The van der Waals surface area contributed by atoms with Crippen LogP contribution in [-0.4, -0.2) is 11.8 Å². The van der Waals surface area contributed by atoms with Crippen LogP contribution in [0.5, 0.6) is 0 Å². The molecule has 1 saturated carbocycles. The Balaban J connectivity index is 1.80. The molecule has 1 aliphatic carbocycles. The van der Waals surface area contributed by atoms with Gasteiger partial charge >= 0.3 is 0 Å². The number of rotatable bonds is 2. The van der Waals surface area contributed by atoms with Gasteiger partial charge in [0, 0.05) is 22.0 Å². The maximum absolute atomic E-state index is 6.20. The maximum Gasteiger partial charge on any atom is 0.0410 e. The fraction of sp³-hybridized carbons (Fsp3) is 0.647. The largest absolute Gasteiger partial charge is 0.307 e. The zero-order valence-corrected chi connectivity index (χ0v) is 14.0. The lowest BCUT2D eigenvalue weighted by Crippen LogP contribution is -2.46. The average Bonchev–Trinajstić information content (AvgIpc) is 2.41. The lowest BCUT2D eigenvalue weighted by Gasteiger charge is -2.42. The van der Waals surface area contributed by atoms with E-state index in [0.717, 1.165) is 5.02 Å². The molecule has 2 atom stereocenters. The third-order valence-electron chi connectivity index (χ3n) is 4.92. The second-order valence-electron chi connectivity index (χ2n) is 6.83. The molecule has 20 heavy (non-hydrogen) atoms. The molecule has 1 fully saturated rings. The number of halogens is 1. The van der Waals surface area contributed by atoms with E-state index < -0.39 is 0 Å². The molecule has 0 spiro atoms. The maximum atomic E-state index is 6.20. The van der Waals surface area contributed by atoms with E-state index in [1.165, 1.54) is 48.3 Å². The molecule has 110 valence electrons. The lowest BCUT2D eigenvalue weighted by molar-refractivity contribution is 0.153. The van der Waals surface area contributed by atoms with Gasteiger partial charge in [0.15, 0.2) is 0 Å². The van der Waals surface area contributed by atoms with E-state index in [1.807, 2.05) is 17.8 Å². The van der Waals surface area contributed by atoms with E-state index in [0.29, 0.717) is 17.5 Å². The molecule has 1 nitrogen and oxygen atoms in total. The zero-order chi connectivity index (χ0) is 14.2. The molecular formula is C17H24ClNS. The first-order valence-electron chi connectivity index (χ1n) is 7.74. The summed E-state index contributed by atoms with van der Waals surface area (Å²) < 4.78 is 0. The minimum absolute atomic E-state index is 0.418. The summed E-state index contributed by atoms with van der Waals surface area (Å²) in [5.74, 6) is 1.21. The second-order valence-corrected chi connectivity index (χ2v) is 8.40. The number of fused-ring (bicyclic) bond motifs is 1. The Morgan fingerprint density at radius 2 is 2.10 bits per heavy atom. The first kappa shape index (κ1) is 14.7. The average molecular weight is 310 g/mol. The van der Waals surface area contributed by atoms with Gasteiger partial charge in [0.05, 0.1) is 0 Å². The molecule has 1 aliphatic heterocycles. The predicted octanol–water partition coefficient (Wildman–Crippen LogP) is 5.44. The van der Waals surface area contributed by atoms with Crippen LogP contribution in [0.3, 0.4) is 0 Å². The van der Waals surface area contributed by atoms with Crippen LogP contribution in [0.4, 0.5) is 0 Å². The van der Waals surface area contributed by atoms with Crippen molar-refractivity contribution in [3.8, 4) is 0 Å². The van der Waals surface area contributed by atoms with E-state index in [-0.39, 0.29) is 0 Å². The summed E-state index contributed by atoms with van der Waals surface area (Å²) in [6.45, 7) is 4.83. The lowest BCUT2D eigenvalue weighted by atomic mass is 9.73. The monoisotopic (exact) mass is 309 g/mol. The molecule has 1 N–H and O–H groups in total. The van der Waals surface area contributed by atoms with Gasteiger partial charge in [-0.2, -0.15) is 0 Å². The van der Waals surface area contributed by atoms with Crippen molar-refractivity contribution in [2.24, 2.45) is 5.41 Å². The van der Waals surface area contributed by atoms with Gasteiger partial charge in [-0.25, -0.2) is 0 Å². The Labute approximate surface area is 131 Å². The summed E-state index contributed by atoms with van der Waals surface area (Å²) in [6.07, 6.45) is 6.62. The molecule has 0 saturated heterocycles. The van der Waals surface area contributed by atoms with Gasteiger partial charge in [-0.3, -0.25) is 0 Å². The topological polar surface area (TPSA) is 12.0 Å². The van der Waals surface area contributed by atoms with E-state index in [1.54, 1.807) is 0 Å². The third-order valence-corrected chi connectivity index (χ3v) is 6.28. The van der Waals surface area contributed by atoms with Crippen molar-refractivity contribution in [1.29, 1.82) is 0 Å². The SMILES string of the molecule is CC1(C)CCCCC1NC1CCSc2ccc(Cl)cc21. The van der Waals surface area contributed by atoms with Gasteiger partial charge in [0.2, 0.25) is 0 Å². The summed E-state index contributed by atoms with van der Waals surface area (Å²) in [7, 11) is 0. The molecule has 3 heteroatoms. The third kappa shape index (κ3) is 3.03. The smallest absolute Gasteiger partial charge is 0.0410 e. The Bertz CT molecular complexity index is 486. The molecule has 1 aromatic carbocycles. The van der Waals surface area contributed by atoms with Gasteiger partial charge < -0.3 is 5.32 Å². The van der Waals surface area contributed by atoms with Crippen molar-refractivity contribution in [1.82, 2.24) is 5.32 Å². The highest BCUT2D eigenvalue weighted by molar-refractivity contribution is 7.99. The fourth-order valence-electron chi connectivity index (χ4n) is 3.58. The molecule has 0 amide bonds. The van der Waals surface area contributed by atoms with Crippen molar-refractivity contribution in [2.45, 2.75) is 62.9 Å². The van der Waals surface area contributed by atoms with Gasteiger partial charge in [0.25, 0.3) is 0 Å². The van der Waals surface area contributed by atoms with Crippen LogP contribution in [0.15, 0.2) is 23.1 Å². The van der Waals surface area contributed by atoms with Gasteiger partial charge in [-0.05, 0) is 54.2 Å². The molecule has 2 aliphatic rings. The van der Waals surface area contributed by atoms with E-state index in [2.05, 4.69) is 31.3 Å². The number of hydrogen-bond donors (Lipinski definition) is 1. The first-order valence-corrected chi connectivity index (χ1v) is 9.11. The summed E-state index contributed by atoms with van der Waals surface area (Å²) in [6, 6.07) is 7.47. The second kappa shape index (κ2) is 5.90. The van der Waals surface area contributed by atoms with Gasteiger partial charge in [-0.1, -0.05) is 38.3 Å². The molecule has 0 bridgehead atoms. The number of thioether (sulfide) groups is 1. The first-order chi connectivity index (χ1) is 9.56. The summed E-state index contributed by atoms with van der Waals surface area (Å²) in [5.41, 5.74) is 1.83. The van der Waals surface area contributed by atoms with Crippen LogP contribution in [0, 0.1) is 5.41 Å². The highest BCUT2D eigenvalue weighted by atomic mass is 35.5. The zero-order valence-electron chi connectivity index (χ0n) is 12.4. The van der Waals surface area contributed by atoms with Crippen molar-refractivity contribution in [3.63, 3.8) is 0 Å². The molecule has 1 heterocycles. The van der Waals surface area contributed by atoms with Crippen LogP contribution in [0.2, 0.25) is 5.02 Å². The standard InChI is InChI=1S/C17H24ClNS/c1-17(2)9-4-3-5-16(17)19-14-8-10-20-15-7-6-12(18)11-13(14)15/h6-7,11,14,16,19H,3-5,8-10H2,1-2H3. The van der Waals surface area contributed by atoms with Crippen LogP contribution < -0.4 is 5.32 Å². The molecule has 0 aromatic heterocycles. The number of hydrogen-bond acceptors (Lipinski definition) is 2. The molecular weight excluding hydrogens is 286 g/mol. The highest BCUT2D eigenvalue weighted by Crippen LogP contribution is 2.41. The summed E-state index contributed by atoms with van der Waals surface area (Å²) in [5, 5.41) is 4.82. The fourth-order valence-corrected chi connectivity index (χ4v) is 4.87. The minimum atomic E-state index is 0.418. The highest BCUT2D eigenvalue weighted by Gasteiger charge is 2.34. The summed E-state index contributed by atoms with van der Waals surface area (Å²) >= 11 is 8.17. The van der Waals surface area contributed by atoms with Crippen LogP contribution in [-0.2, 0) is 0 Å². The molecule has 1 aromatic rings. The van der Waals surface area contributed by atoms with Crippen LogP contribution in [0.25, 0.3) is 0 Å². The van der Waals surface area contributed by atoms with Gasteiger partial charge in [0.1, 0.15) is 0 Å². The van der Waals surface area contributed by atoms with E-state index >= 15 is 0 Å². The van der Waals surface area contributed by atoms with Crippen molar-refractivity contribution in [3.05, 3.63) is 28.8 Å². The van der Waals surface area contributed by atoms with Crippen molar-refractivity contribution >= 4 is 23.4 Å². The molecule has 2 unspecified atom stereocenters. The Morgan fingerprint density at radius 3 is 2.90 bits per heavy atom. The normalized spacial score (nSPS) is 28.9. The minimum Gasteiger partial charge on any atom is -0.307 e. The number of benzene rings is 1. The van der Waals surface area contributed by atoms with Crippen LogP contribution >= 0.6 is 23.4 Å². The van der Waals surface area contributed by atoms with E-state index in [9.17, 15) is 0 Å². The Kier molecular flexibility index (Phi) is 4.35. The predicted molar refractivity (Wildman–Crippen MR) is 88.7 cm³/mol. The Morgan fingerprint density at radius 1 is 1.25 bits per heavy atom. The summed E-state index contributed by atoms with van der Waals surface area (Å²) in [4.78, 5) is 1.41. The number of nitrogens with one attached hydrogen (secondary N) is 1.